The van der Waals surface area contributed by atoms with E-state index in [2.05, 4.69) is 9.88 Å². The van der Waals surface area contributed by atoms with Crippen molar-refractivity contribution in [2.24, 2.45) is 17.8 Å². The molecule has 2 aromatic heterocycles. The summed E-state index contributed by atoms with van der Waals surface area (Å²) in [6.45, 7) is 4.99. The second-order valence-corrected chi connectivity index (χ2v) is 9.82. The van der Waals surface area contributed by atoms with Gasteiger partial charge in [0.05, 0.1) is 11.7 Å². The van der Waals surface area contributed by atoms with Gasteiger partial charge < -0.3 is 4.90 Å². The van der Waals surface area contributed by atoms with Gasteiger partial charge in [0.2, 0.25) is 5.91 Å². The first-order valence-corrected chi connectivity index (χ1v) is 10.6. The first kappa shape index (κ1) is 16.5. The van der Waals surface area contributed by atoms with Crippen molar-refractivity contribution < 1.29 is 4.79 Å². The van der Waals surface area contributed by atoms with E-state index >= 15 is 0 Å². The summed E-state index contributed by atoms with van der Waals surface area (Å²) in [5.41, 5.74) is 0.917. The molecule has 2 aromatic rings. The van der Waals surface area contributed by atoms with Crippen LogP contribution >= 0.6 is 11.3 Å². The maximum absolute atomic E-state index is 13.1. The molecule has 4 aliphatic rings. The van der Waals surface area contributed by atoms with Crippen LogP contribution in [0.4, 0.5) is 0 Å². The third-order valence-corrected chi connectivity index (χ3v) is 8.00. The second-order valence-electron chi connectivity index (χ2n) is 8.62. The second kappa shape index (κ2) is 5.91. The zero-order chi connectivity index (χ0) is 18.0. The molecule has 26 heavy (non-hydrogen) atoms. The van der Waals surface area contributed by atoms with Crippen LogP contribution in [0.3, 0.4) is 0 Å². The first-order valence-electron chi connectivity index (χ1n) is 9.74. The topological polar surface area (TPSA) is 55.2 Å². The van der Waals surface area contributed by atoms with Gasteiger partial charge in [-0.1, -0.05) is 0 Å². The van der Waals surface area contributed by atoms with Gasteiger partial charge in [0.15, 0.2) is 0 Å². The Labute approximate surface area is 157 Å². The highest BCUT2D eigenvalue weighted by atomic mass is 32.1. The van der Waals surface area contributed by atoms with Crippen molar-refractivity contribution in [1.29, 1.82) is 0 Å². The molecule has 0 spiro atoms. The number of aromatic nitrogens is 2. The molecule has 138 valence electrons. The number of amides is 1. The number of hydrogen-bond donors (Lipinski definition) is 0. The van der Waals surface area contributed by atoms with E-state index in [0.29, 0.717) is 17.3 Å². The molecule has 0 radical (unpaired) electrons. The van der Waals surface area contributed by atoms with E-state index < -0.39 is 0 Å². The quantitative estimate of drug-likeness (QED) is 0.815. The Bertz CT molecular complexity index is 932. The van der Waals surface area contributed by atoms with Gasteiger partial charge in [-0.3, -0.25) is 14.2 Å². The Balaban J connectivity index is 1.44. The van der Waals surface area contributed by atoms with Gasteiger partial charge in [-0.05, 0) is 69.3 Å². The van der Waals surface area contributed by atoms with Crippen LogP contribution in [-0.4, -0.2) is 32.9 Å². The minimum absolute atomic E-state index is 0.0779. The van der Waals surface area contributed by atoms with Crippen molar-refractivity contribution in [1.82, 2.24) is 14.5 Å². The van der Waals surface area contributed by atoms with E-state index in [-0.39, 0.29) is 18.0 Å². The van der Waals surface area contributed by atoms with Gasteiger partial charge >= 0.3 is 0 Å². The molecule has 0 aromatic carbocycles. The van der Waals surface area contributed by atoms with Crippen molar-refractivity contribution >= 4 is 27.5 Å². The zero-order valence-electron chi connectivity index (χ0n) is 15.4. The number of nitrogens with zero attached hydrogens (tertiary/aromatic N) is 3. The molecule has 4 bridgehead atoms. The SMILES string of the molecule is Cc1sc2ncn(CC(=O)N3CC4CC5CC(C4)CC3C5)c(=O)c2c1C. The van der Waals surface area contributed by atoms with Crippen LogP contribution in [0.2, 0.25) is 0 Å². The normalized spacial score (nSPS) is 30.2. The molecule has 2 saturated heterocycles. The summed E-state index contributed by atoms with van der Waals surface area (Å²) in [5, 5.41) is 0.679. The number of fused-ring (bicyclic) bond motifs is 2. The Hall–Kier alpha value is -1.69. The smallest absolute Gasteiger partial charge is 0.262 e. The van der Waals surface area contributed by atoms with E-state index in [1.807, 2.05) is 13.8 Å². The van der Waals surface area contributed by atoms with Crippen LogP contribution < -0.4 is 5.56 Å². The molecule has 6 heteroatoms. The summed E-state index contributed by atoms with van der Waals surface area (Å²) >= 11 is 1.55. The third-order valence-electron chi connectivity index (χ3n) is 6.89. The lowest BCUT2D eigenvalue weighted by Gasteiger charge is -2.39. The predicted molar refractivity (Wildman–Crippen MR) is 102 cm³/mol. The van der Waals surface area contributed by atoms with Crippen molar-refractivity contribution in [3.8, 4) is 0 Å². The van der Waals surface area contributed by atoms with E-state index in [1.54, 1.807) is 17.7 Å². The third kappa shape index (κ3) is 2.53. The average molecular weight is 372 g/mol. The molecule has 4 heterocycles. The van der Waals surface area contributed by atoms with Gasteiger partial charge in [0, 0.05) is 17.5 Å². The Morgan fingerprint density at radius 2 is 1.85 bits per heavy atom. The van der Waals surface area contributed by atoms with Crippen LogP contribution in [0.5, 0.6) is 0 Å². The van der Waals surface area contributed by atoms with Crippen LogP contribution in [0.15, 0.2) is 11.1 Å². The maximum Gasteiger partial charge on any atom is 0.262 e. The minimum atomic E-state index is -0.0779. The number of thiophene rings is 1. The van der Waals surface area contributed by atoms with Crippen molar-refractivity contribution in [3.05, 3.63) is 27.1 Å². The van der Waals surface area contributed by atoms with E-state index in [9.17, 15) is 9.59 Å². The average Bonchev–Trinajstić information content (AvgIpc) is 2.74. The van der Waals surface area contributed by atoms with Gasteiger partial charge in [-0.15, -0.1) is 11.3 Å². The lowest BCUT2D eigenvalue weighted by Crippen LogP contribution is -2.44. The standard InChI is InChI=1S/C20H25N3O2S/c1-11-12(2)26-19-18(11)20(25)22(10-21-19)9-17(24)23-8-15-4-13-3-14(5-15)7-16(23)6-13/h10,13-16H,3-9H2,1-2H3. The summed E-state index contributed by atoms with van der Waals surface area (Å²) < 4.78 is 1.51. The molecule has 0 N–H and O–H groups in total. The molecule has 5 nitrogen and oxygen atoms in total. The molecule has 2 unspecified atom stereocenters. The molecular formula is C20H25N3O2S. The number of rotatable bonds is 2. The highest BCUT2D eigenvalue weighted by Crippen LogP contribution is 2.47. The Morgan fingerprint density at radius 1 is 1.15 bits per heavy atom. The van der Waals surface area contributed by atoms with E-state index in [4.69, 9.17) is 0 Å². The van der Waals surface area contributed by atoms with Gasteiger partial charge in [-0.2, -0.15) is 0 Å². The maximum atomic E-state index is 13.1. The summed E-state index contributed by atoms with van der Waals surface area (Å²) in [6, 6.07) is 0.385. The predicted octanol–water partition coefficient (Wildman–Crippen LogP) is 3.11. The van der Waals surface area contributed by atoms with Gasteiger partial charge in [0.1, 0.15) is 11.4 Å². The molecular weight excluding hydrogens is 346 g/mol. The summed E-state index contributed by atoms with van der Waals surface area (Å²) in [5.74, 6) is 2.38. The molecule has 1 amide bonds. The highest BCUT2D eigenvalue weighted by Gasteiger charge is 2.43. The number of carbonyl (C=O) groups excluding carboxylic acids is 1. The Morgan fingerprint density at radius 3 is 2.58 bits per heavy atom. The van der Waals surface area contributed by atoms with Gasteiger partial charge in [-0.25, -0.2) is 4.98 Å². The van der Waals surface area contributed by atoms with Crippen molar-refractivity contribution in [2.75, 3.05) is 6.54 Å². The summed E-state index contributed by atoms with van der Waals surface area (Å²) in [4.78, 5) is 34.4. The lowest BCUT2D eigenvalue weighted by molar-refractivity contribution is -0.134. The molecule has 6 rings (SSSR count). The number of hydrogen-bond acceptors (Lipinski definition) is 4. The fourth-order valence-corrected chi connectivity index (χ4v) is 6.70. The molecule has 2 aliphatic heterocycles. The molecule has 2 saturated carbocycles. The van der Waals surface area contributed by atoms with Crippen LogP contribution in [0.1, 0.15) is 42.5 Å². The van der Waals surface area contributed by atoms with Crippen LogP contribution in [-0.2, 0) is 11.3 Å². The van der Waals surface area contributed by atoms with Gasteiger partial charge in [0.25, 0.3) is 5.56 Å². The van der Waals surface area contributed by atoms with Crippen LogP contribution in [0.25, 0.3) is 10.2 Å². The Kier molecular flexibility index (Phi) is 3.75. The first-order chi connectivity index (χ1) is 12.5. The molecule has 4 fully saturated rings. The van der Waals surface area contributed by atoms with Crippen molar-refractivity contribution in [3.63, 3.8) is 0 Å². The highest BCUT2D eigenvalue weighted by molar-refractivity contribution is 7.18. The van der Waals surface area contributed by atoms with E-state index in [0.717, 1.165) is 46.5 Å². The fraction of sp³-hybridized carbons (Fsp3) is 0.650. The number of carbonyl (C=O) groups is 1. The zero-order valence-corrected chi connectivity index (χ0v) is 16.2. The van der Waals surface area contributed by atoms with Crippen molar-refractivity contribution in [2.45, 2.75) is 58.5 Å². The molecule has 2 aliphatic carbocycles. The molecule has 2 atom stereocenters. The van der Waals surface area contributed by atoms with E-state index in [1.165, 1.54) is 23.8 Å². The summed E-state index contributed by atoms with van der Waals surface area (Å²) in [6.07, 6.45) is 7.82. The lowest BCUT2D eigenvalue weighted by atomic mass is 9.68. The number of aryl methyl sites for hydroxylation is 2. The fourth-order valence-electron chi connectivity index (χ4n) is 5.71. The largest absolute Gasteiger partial charge is 0.338 e. The monoisotopic (exact) mass is 371 g/mol. The summed E-state index contributed by atoms with van der Waals surface area (Å²) in [7, 11) is 0. The van der Waals surface area contributed by atoms with Crippen LogP contribution in [0, 0.1) is 31.6 Å². The minimum Gasteiger partial charge on any atom is -0.338 e.